The Labute approximate surface area is 318 Å². The smallest absolute Gasteiger partial charge is 0.305 e. The van der Waals surface area contributed by atoms with Gasteiger partial charge in [0.2, 0.25) is 0 Å². The molecule has 0 radical (unpaired) electrons. The van der Waals surface area contributed by atoms with Gasteiger partial charge in [-0.05, 0) is 85.4 Å². The Hall–Kier alpha value is -1.19. The van der Waals surface area contributed by atoms with Crippen LogP contribution >= 0.6 is 0 Å². The molecule has 52 heavy (non-hydrogen) atoms. The van der Waals surface area contributed by atoms with Crippen LogP contribution in [0.4, 0.5) is 0 Å². The van der Waals surface area contributed by atoms with Gasteiger partial charge in [-0.2, -0.15) is 0 Å². The molecule has 0 aromatic carbocycles. The van der Waals surface area contributed by atoms with Crippen molar-refractivity contribution in [2.24, 2.45) is 11.8 Å². The summed E-state index contributed by atoms with van der Waals surface area (Å²) in [5, 5.41) is 0.0929. The summed E-state index contributed by atoms with van der Waals surface area (Å²) in [7, 11) is -1.08. The van der Waals surface area contributed by atoms with Gasteiger partial charge in [0, 0.05) is 32.3 Å². The lowest BCUT2D eigenvalue weighted by atomic mass is 9.82. The van der Waals surface area contributed by atoms with Gasteiger partial charge in [0.15, 0.2) is 16.6 Å². The van der Waals surface area contributed by atoms with Crippen LogP contribution in [0.15, 0.2) is 24.3 Å². The molecule has 0 bridgehead atoms. The van der Waals surface area contributed by atoms with E-state index >= 15 is 0 Å². The van der Waals surface area contributed by atoms with Gasteiger partial charge in [-0.1, -0.05) is 61.6 Å². The number of esters is 1. The molecule has 3 heterocycles. The van der Waals surface area contributed by atoms with Crippen LogP contribution in [-0.2, 0) is 42.1 Å². The molecule has 3 fully saturated rings. The molecule has 0 aliphatic carbocycles. The van der Waals surface area contributed by atoms with Crippen LogP contribution in [-0.4, -0.2) is 98.5 Å². The van der Waals surface area contributed by atoms with Gasteiger partial charge in [0.25, 0.3) is 0 Å². The SMILES string of the molecule is C=C1C(C)CC(CC[C@@H]2O[C@@H](CCC=O)CC2=C)OC1C[C@@H]1O[C@H](CC(CO[Si](C)(C)C(C)(C)C)O[Si](C)(C)C(C)(C)C)[C@H](OC)C1CC(=O)OC. The summed E-state index contributed by atoms with van der Waals surface area (Å²) >= 11 is 0. The molecule has 11 heteroatoms. The number of ether oxygens (including phenoxy) is 5. The fourth-order valence-electron chi connectivity index (χ4n) is 7.36. The van der Waals surface area contributed by atoms with E-state index in [0.717, 1.165) is 49.5 Å². The molecule has 0 amide bonds. The highest BCUT2D eigenvalue weighted by Gasteiger charge is 2.50. The van der Waals surface area contributed by atoms with Crippen LogP contribution in [0.2, 0.25) is 36.3 Å². The summed E-state index contributed by atoms with van der Waals surface area (Å²) in [5.74, 6) is -0.224. The summed E-state index contributed by atoms with van der Waals surface area (Å²) in [5.41, 5.74) is 2.17. The maximum atomic E-state index is 12.8. The van der Waals surface area contributed by atoms with Gasteiger partial charge in [0.05, 0.1) is 69.0 Å². The zero-order chi connectivity index (χ0) is 39.2. The Bertz CT molecular complexity index is 1210. The molecule has 0 aromatic heterocycles. The van der Waals surface area contributed by atoms with Crippen molar-refractivity contribution in [2.75, 3.05) is 20.8 Å². The second kappa shape index (κ2) is 18.6. The molecule has 0 saturated carbocycles. The van der Waals surface area contributed by atoms with Crippen molar-refractivity contribution in [3.8, 4) is 0 Å². The first kappa shape index (κ1) is 45.2. The molecule has 3 rings (SSSR count). The predicted molar refractivity (Wildman–Crippen MR) is 213 cm³/mol. The van der Waals surface area contributed by atoms with Crippen molar-refractivity contribution in [2.45, 2.75) is 191 Å². The largest absolute Gasteiger partial charge is 0.469 e. The molecule has 0 aromatic rings. The average molecular weight is 767 g/mol. The van der Waals surface area contributed by atoms with E-state index in [1.807, 2.05) is 0 Å². The molecular weight excluding hydrogens is 693 g/mol. The molecule has 5 unspecified atom stereocenters. The minimum atomic E-state index is -2.17. The molecule has 9 nitrogen and oxygen atoms in total. The highest BCUT2D eigenvalue weighted by Crippen LogP contribution is 2.44. The monoisotopic (exact) mass is 766 g/mol. The molecular formula is C41H74O9Si2. The third-order valence-corrected chi connectivity index (χ3v) is 21.9. The van der Waals surface area contributed by atoms with E-state index in [-0.39, 0.29) is 83.1 Å². The fraction of sp³-hybridized carbons (Fsp3) is 0.854. The third kappa shape index (κ3) is 11.9. The average Bonchev–Trinajstić information content (AvgIpc) is 3.56. The molecule has 300 valence electrons. The minimum Gasteiger partial charge on any atom is -0.469 e. The number of aldehydes is 1. The fourth-order valence-corrected chi connectivity index (χ4v) is 9.74. The van der Waals surface area contributed by atoms with E-state index in [1.165, 1.54) is 7.11 Å². The van der Waals surface area contributed by atoms with Crippen LogP contribution in [0.5, 0.6) is 0 Å². The number of methoxy groups -OCH3 is 2. The van der Waals surface area contributed by atoms with E-state index < -0.39 is 16.6 Å². The molecule has 3 aliphatic heterocycles. The Morgan fingerprint density at radius 2 is 1.54 bits per heavy atom. The van der Waals surface area contributed by atoms with Gasteiger partial charge < -0.3 is 37.3 Å². The normalized spacial score (nSPS) is 31.2. The zero-order valence-corrected chi connectivity index (χ0v) is 37.0. The number of carbonyl (C=O) groups is 2. The minimum absolute atomic E-state index is 0.00735. The van der Waals surface area contributed by atoms with Crippen LogP contribution in [0.3, 0.4) is 0 Å². The van der Waals surface area contributed by atoms with Crippen molar-refractivity contribution in [1.29, 1.82) is 0 Å². The van der Waals surface area contributed by atoms with E-state index in [0.29, 0.717) is 25.9 Å². The van der Waals surface area contributed by atoms with Crippen LogP contribution in [0.25, 0.3) is 0 Å². The summed E-state index contributed by atoms with van der Waals surface area (Å²) < 4.78 is 45.2. The van der Waals surface area contributed by atoms with Crippen LogP contribution in [0, 0.1) is 11.8 Å². The van der Waals surface area contributed by atoms with Gasteiger partial charge in [0.1, 0.15) is 6.29 Å². The predicted octanol–water partition coefficient (Wildman–Crippen LogP) is 8.96. The molecule has 3 aliphatic rings. The molecule has 0 spiro atoms. The van der Waals surface area contributed by atoms with Crippen molar-refractivity contribution >= 4 is 28.9 Å². The molecule has 10 atom stereocenters. The first-order chi connectivity index (χ1) is 24.0. The van der Waals surface area contributed by atoms with Crippen LogP contribution < -0.4 is 0 Å². The Balaban J connectivity index is 1.80. The lowest BCUT2D eigenvalue weighted by Gasteiger charge is -2.42. The maximum Gasteiger partial charge on any atom is 0.305 e. The molecule has 0 N–H and O–H groups in total. The van der Waals surface area contributed by atoms with Crippen molar-refractivity contribution in [3.05, 3.63) is 24.3 Å². The Morgan fingerprint density at radius 1 is 0.904 bits per heavy atom. The van der Waals surface area contributed by atoms with Gasteiger partial charge >= 0.3 is 5.97 Å². The van der Waals surface area contributed by atoms with E-state index in [9.17, 15) is 9.59 Å². The first-order valence-electron chi connectivity index (χ1n) is 19.7. The van der Waals surface area contributed by atoms with Gasteiger partial charge in [-0.15, -0.1) is 0 Å². The lowest BCUT2D eigenvalue weighted by Crippen LogP contribution is -2.49. The highest BCUT2D eigenvalue weighted by molar-refractivity contribution is 6.74. The number of hydrogen-bond acceptors (Lipinski definition) is 9. The van der Waals surface area contributed by atoms with Crippen molar-refractivity contribution < 1.29 is 42.1 Å². The van der Waals surface area contributed by atoms with E-state index in [4.69, 9.17) is 32.5 Å². The standard InChI is InChI=1S/C41H74O9Si2/c1-27-21-31(18-19-34-28(2)22-30(47-34)17-16-20-42)48-35(29(27)3)25-36-33(24-38(43)44-10)39(45-11)37(49-36)23-32(50-52(14,15)41(7,8)9)26-46-51(12,13)40(4,5)6/h20,27,30-37,39H,2-3,16-19,21-26H2,1,4-15H3/t27?,30-,31?,32?,33?,34-,35?,36-,37+,39+/m0/s1. The second-order valence-electron chi connectivity index (χ2n) is 18.8. The topological polar surface area (TPSA) is 98.8 Å². The summed E-state index contributed by atoms with van der Waals surface area (Å²) in [6.07, 6.45) is 5.72. The number of hydrogen-bond donors (Lipinski definition) is 0. The van der Waals surface area contributed by atoms with E-state index in [2.05, 4.69) is 87.8 Å². The lowest BCUT2D eigenvalue weighted by molar-refractivity contribution is -0.143. The number of rotatable bonds is 18. The second-order valence-corrected chi connectivity index (χ2v) is 28.4. The van der Waals surface area contributed by atoms with Gasteiger partial charge in [-0.25, -0.2) is 0 Å². The summed E-state index contributed by atoms with van der Waals surface area (Å²) in [4.78, 5) is 23.7. The Kier molecular flexibility index (Phi) is 16.2. The number of carbonyl (C=O) groups excluding carboxylic acids is 2. The van der Waals surface area contributed by atoms with E-state index in [1.54, 1.807) is 7.11 Å². The van der Waals surface area contributed by atoms with Crippen molar-refractivity contribution in [1.82, 2.24) is 0 Å². The van der Waals surface area contributed by atoms with Crippen molar-refractivity contribution in [3.63, 3.8) is 0 Å². The first-order valence-corrected chi connectivity index (χ1v) is 25.5. The summed E-state index contributed by atoms with van der Waals surface area (Å²) in [6.45, 7) is 34.1. The zero-order valence-electron chi connectivity index (χ0n) is 35.0. The maximum absolute atomic E-state index is 12.8. The Morgan fingerprint density at radius 3 is 2.12 bits per heavy atom. The van der Waals surface area contributed by atoms with Gasteiger partial charge in [-0.3, -0.25) is 4.79 Å². The quantitative estimate of drug-likeness (QED) is 0.0586. The summed E-state index contributed by atoms with van der Waals surface area (Å²) in [6, 6.07) is 0. The highest BCUT2D eigenvalue weighted by atomic mass is 28.4. The molecule has 3 saturated heterocycles. The van der Waals surface area contributed by atoms with Crippen LogP contribution in [0.1, 0.15) is 106 Å². The third-order valence-electron chi connectivity index (χ3n) is 12.8.